The maximum Gasteiger partial charge on any atom is 0.182 e. The zero-order valence-corrected chi connectivity index (χ0v) is 10.9. The summed E-state index contributed by atoms with van der Waals surface area (Å²) in [5.41, 5.74) is 0. The number of nitrogens with one attached hydrogen (secondary N) is 1. The largest absolute Gasteiger partial charge is 0.313 e. The summed E-state index contributed by atoms with van der Waals surface area (Å²) < 4.78 is 37.3. The molecule has 1 atom stereocenters. The number of rotatable bonds is 6. The highest BCUT2D eigenvalue weighted by atomic mass is 32.2. The van der Waals surface area contributed by atoms with Crippen molar-refractivity contribution in [3.05, 3.63) is 30.1 Å². The van der Waals surface area contributed by atoms with Gasteiger partial charge < -0.3 is 5.32 Å². The van der Waals surface area contributed by atoms with Crippen LogP contribution in [-0.2, 0) is 9.84 Å². The molecule has 1 aromatic rings. The Kier molecular flexibility index (Phi) is 5.08. The van der Waals surface area contributed by atoms with Gasteiger partial charge in [0.25, 0.3) is 0 Å². The van der Waals surface area contributed by atoms with Crippen LogP contribution in [0.3, 0.4) is 0 Å². The van der Waals surface area contributed by atoms with E-state index in [0.717, 1.165) is 19.0 Å². The Morgan fingerprint density at radius 3 is 2.59 bits per heavy atom. The second-order valence-electron chi connectivity index (χ2n) is 4.07. The molecule has 96 valence electrons. The highest BCUT2D eigenvalue weighted by Crippen LogP contribution is 2.15. The molecule has 1 unspecified atom stereocenters. The van der Waals surface area contributed by atoms with E-state index in [2.05, 4.69) is 5.32 Å². The third-order valence-corrected chi connectivity index (χ3v) is 4.32. The smallest absolute Gasteiger partial charge is 0.182 e. The van der Waals surface area contributed by atoms with Gasteiger partial charge in [-0.1, -0.05) is 19.1 Å². The molecular weight excluding hydrogens is 241 g/mol. The summed E-state index contributed by atoms with van der Waals surface area (Å²) in [6.07, 6.45) is 0.935. The van der Waals surface area contributed by atoms with Gasteiger partial charge >= 0.3 is 0 Å². The Labute approximate surface area is 102 Å². The minimum Gasteiger partial charge on any atom is -0.313 e. The zero-order chi connectivity index (χ0) is 12.9. The van der Waals surface area contributed by atoms with Crippen molar-refractivity contribution in [1.29, 1.82) is 0 Å². The molecule has 0 amide bonds. The van der Waals surface area contributed by atoms with E-state index in [4.69, 9.17) is 0 Å². The van der Waals surface area contributed by atoms with Crippen LogP contribution in [-0.4, -0.2) is 26.8 Å². The normalized spacial score (nSPS) is 13.6. The first-order valence-electron chi connectivity index (χ1n) is 5.68. The Morgan fingerprint density at radius 2 is 2.00 bits per heavy atom. The first-order chi connectivity index (χ1) is 7.97. The average Bonchev–Trinajstić information content (AvgIpc) is 2.26. The van der Waals surface area contributed by atoms with Crippen molar-refractivity contribution in [2.45, 2.75) is 31.2 Å². The van der Waals surface area contributed by atoms with Crippen molar-refractivity contribution in [3.63, 3.8) is 0 Å². The van der Waals surface area contributed by atoms with Crippen molar-refractivity contribution in [2.75, 3.05) is 12.3 Å². The molecule has 5 heteroatoms. The van der Waals surface area contributed by atoms with Gasteiger partial charge in [0.1, 0.15) is 10.7 Å². The molecule has 0 fully saturated rings. The first-order valence-corrected chi connectivity index (χ1v) is 7.33. The molecule has 0 saturated carbocycles. The van der Waals surface area contributed by atoms with Crippen molar-refractivity contribution >= 4 is 9.84 Å². The van der Waals surface area contributed by atoms with Crippen molar-refractivity contribution in [3.8, 4) is 0 Å². The quantitative estimate of drug-likeness (QED) is 0.850. The lowest BCUT2D eigenvalue weighted by atomic mass is 10.3. The number of halogens is 1. The molecule has 3 nitrogen and oxygen atoms in total. The molecule has 0 spiro atoms. The molecule has 1 aromatic carbocycles. The molecule has 0 aromatic heterocycles. The number of sulfone groups is 1. The van der Waals surface area contributed by atoms with Gasteiger partial charge in [-0.2, -0.15) is 0 Å². The molecule has 17 heavy (non-hydrogen) atoms. The molecule has 1 rings (SSSR count). The van der Waals surface area contributed by atoms with Crippen LogP contribution in [0, 0.1) is 5.82 Å². The third kappa shape index (κ3) is 4.09. The highest BCUT2D eigenvalue weighted by molar-refractivity contribution is 7.91. The average molecular weight is 259 g/mol. The minimum atomic E-state index is -3.56. The van der Waals surface area contributed by atoms with E-state index in [9.17, 15) is 12.8 Å². The van der Waals surface area contributed by atoms with Gasteiger partial charge in [0, 0.05) is 6.04 Å². The second-order valence-corrected chi connectivity index (χ2v) is 6.07. The second kappa shape index (κ2) is 6.12. The lowest BCUT2D eigenvalue weighted by Gasteiger charge is -2.13. The van der Waals surface area contributed by atoms with Crippen molar-refractivity contribution < 1.29 is 12.8 Å². The van der Waals surface area contributed by atoms with Crippen LogP contribution in [0.25, 0.3) is 0 Å². The van der Waals surface area contributed by atoms with Gasteiger partial charge in [0.05, 0.1) is 5.75 Å². The lowest BCUT2D eigenvalue weighted by Crippen LogP contribution is -2.33. The van der Waals surface area contributed by atoms with E-state index in [1.54, 1.807) is 6.92 Å². The van der Waals surface area contributed by atoms with Gasteiger partial charge in [-0.15, -0.1) is 0 Å². The van der Waals surface area contributed by atoms with Gasteiger partial charge in [-0.3, -0.25) is 0 Å². The zero-order valence-electron chi connectivity index (χ0n) is 10.1. The maximum atomic E-state index is 13.4. The Balaban J connectivity index is 2.79. The van der Waals surface area contributed by atoms with Gasteiger partial charge in [-0.25, -0.2) is 12.8 Å². The fourth-order valence-electron chi connectivity index (χ4n) is 1.57. The highest BCUT2D eigenvalue weighted by Gasteiger charge is 2.21. The summed E-state index contributed by atoms with van der Waals surface area (Å²) in [5.74, 6) is -0.774. The molecule has 0 aliphatic rings. The van der Waals surface area contributed by atoms with E-state index < -0.39 is 15.7 Å². The van der Waals surface area contributed by atoms with E-state index in [1.807, 2.05) is 6.92 Å². The fraction of sp³-hybridized carbons (Fsp3) is 0.500. The Hall–Kier alpha value is -0.940. The van der Waals surface area contributed by atoms with Crippen LogP contribution in [0.2, 0.25) is 0 Å². The molecule has 0 saturated heterocycles. The van der Waals surface area contributed by atoms with Crippen LogP contribution in [0.4, 0.5) is 4.39 Å². The summed E-state index contributed by atoms with van der Waals surface area (Å²) in [7, 11) is -3.56. The summed E-state index contributed by atoms with van der Waals surface area (Å²) >= 11 is 0. The van der Waals surface area contributed by atoms with Gasteiger partial charge in [-0.05, 0) is 32.0 Å². The van der Waals surface area contributed by atoms with E-state index in [0.29, 0.717) is 0 Å². The molecule has 0 heterocycles. The first kappa shape index (κ1) is 14.1. The summed E-state index contributed by atoms with van der Waals surface area (Å²) in [4.78, 5) is -0.217. The molecular formula is C12H18FNO2S. The molecule has 0 bridgehead atoms. The summed E-state index contributed by atoms with van der Waals surface area (Å²) in [6, 6.07) is 5.29. The van der Waals surface area contributed by atoms with E-state index in [1.165, 1.54) is 18.2 Å². The van der Waals surface area contributed by atoms with Crippen LogP contribution < -0.4 is 5.32 Å². The number of hydrogen-bond donors (Lipinski definition) is 1. The summed E-state index contributed by atoms with van der Waals surface area (Å²) in [5, 5.41) is 3.08. The number of hydrogen-bond acceptors (Lipinski definition) is 3. The van der Waals surface area contributed by atoms with Crippen LogP contribution in [0.1, 0.15) is 20.3 Å². The molecule has 0 radical (unpaired) electrons. The fourth-order valence-corrected chi connectivity index (χ4v) is 3.17. The van der Waals surface area contributed by atoms with Crippen LogP contribution >= 0.6 is 0 Å². The predicted octanol–water partition coefficient (Wildman–Crippen LogP) is 1.99. The SMILES string of the molecule is CCCNC(C)CS(=O)(=O)c1ccccc1F. The van der Waals surface area contributed by atoms with Crippen LogP contribution in [0.15, 0.2) is 29.2 Å². The minimum absolute atomic E-state index is 0.0894. The van der Waals surface area contributed by atoms with Crippen molar-refractivity contribution in [1.82, 2.24) is 5.32 Å². The summed E-state index contributed by atoms with van der Waals surface area (Å²) in [6.45, 7) is 4.55. The Morgan fingerprint density at radius 1 is 1.35 bits per heavy atom. The van der Waals surface area contributed by atoms with E-state index >= 15 is 0 Å². The monoisotopic (exact) mass is 259 g/mol. The lowest BCUT2D eigenvalue weighted by molar-refractivity contribution is 0.543. The van der Waals surface area contributed by atoms with Crippen molar-refractivity contribution in [2.24, 2.45) is 0 Å². The predicted molar refractivity (Wildman–Crippen MR) is 66.2 cm³/mol. The molecule has 0 aliphatic carbocycles. The third-order valence-electron chi connectivity index (χ3n) is 2.38. The number of benzene rings is 1. The van der Waals surface area contributed by atoms with Crippen LogP contribution in [0.5, 0.6) is 0 Å². The molecule has 0 aliphatic heterocycles. The van der Waals surface area contributed by atoms with Gasteiger partial charge in [0.15, 0.2) is 9.84 Å². The topological polar surface area (TPSA) is 46.2 Å². The van der Waals surface area contributed by atoms with Gasteiger partial charge in [0.2, 0.25) is 0 Å². The maximum absolute atomic E-state index is 13.4. The standard InChI is InChI=1S/C12H18FNO2S/c1-3-8-14-10(2)9-17(15,16)12-7-5-4-6-11(12)13/h4-7,10,14H,3,8-9H2,1-2H3. The Bertz CT molecular complexity index is 459. The van der Waals surface area contributed by atoms with E-state index in [-0.39, 0.29) is 16.7 Å². The molecule has 1 N–H and O–H groups in total.